The van der Waals surface area contributed by atoms with E-state index in [-0.39, 0.29) is 12.5 Å². The number of amides is 1. The summed E-state index contributed by atoms with van der Waals surface area (Å²) < 4.78 is 3.79. The Morgan fingerprint density at radius 1 is 1.21 bits per heavy atom. The van der Waals surface area contributed by atoms with Crippen molar-refractivity contribution in [3.05, 3.63) is 30.5 Å². The number of carbonyl (C=O) groups excluding carboxylic acids is 1. The average molecular weight is 380 g/mol. The molecule has 0 atom stereocenters. The van der Waals surface area contributed by atoms with Crippen LogP contribution in [0.1, 0.15) is 12.1 Å². The normalized spacial score (nSPS) is 17.2. The van der Waals surface area contributed by atoms with Crippen LogP contribution in [-0.4, -0.2) is 74.2 Å². The molecular formula is C19H24N8O. The zero-order valence-corrected chi connectivity index (χ0v) is 16.0. The Hall–Kier alpha value is -2.94. The Morgan fingerprint density at radius 2 is 2.04 bits per heavy atom. The van der Waals surface area contributed by atoms with E-state index in [0.717, 1.165) is 67.7 Å². The minimum Gasteiger partial charge on any atom is -0.353 e. The average Bonchev–Trinajstić information content (AvgIpc) is 3.33. The molecule has 0 radical (unpaired) electrons. The van der Waals surface area contributed by atoms with E-state index in [1.807, 2.05) is 30.4 Å². The summed E-state index contributed by atoms with van der Waals surface area (Å²) in [6.45, 7) is 7.53. The van der Waals surface area contributed by atoms with Crippen LogP contribution < -0.4 is 10.2 Å². The van der Waals surface area contributed by atoms with E-state index in [0.29, 0.717) is 0 Å². The molecule has 2 fully saturated rings. The smallest absolute Gasteiger partial charge is 0.244 e. The molecule has 0 aliphatic carbocycles. The van der Waals surface area contributed by atoms with Crippen LogP contribution in [0.3, 0.4) is 0 Å². The van der Waals surface area contributed by atoms with Crippen LogP contribution in [0.5, 0.6) is 0 Å². The van der Waals surface area contributed by atoms with Gasteiger partial charge in [0.15, 0.2) is 11.5 Å². The first-order chi connectivity index (χ1) is 13.7. The number of hydrogen-bond acceptors (Lipinski definition) is 6. The lowest BCUT2D eigenvalue weighted by Crippen LogP contribution is -2.47. The third kappa shape index (κ3) is 2.91. The lowest BCUT2D eigenvalue weighted by atomic mass is 10.2. The first-order valence-electron chi connectivity index (χ1n) is 9.80. The van der Waals surface area contributed by atoms with Crippen LogP contribution in [0.15, 0.2) is 24.8 Å². The zero-order chi connectivity index (χ0) is 19.1. The Morgan fingerprint density at radius 3 is 2.79 bits per heavy atom. The maximum atomic E-state index is 12.5. The molecule has 9 nitrogen and oxygen atoms in total. The van der Waals surface area contributed by atoms with E-state index >= 15 is 0 Å². The second-order valence-electron chi connectivity index (χ2n) is 7.39. The lowest BCUT2D eigenvalue weighted by molar-refractivity contribution is -0.132. The molecule has 28 heavy (non-hydrogen) atoms. The summed E-state index contributed by atoms with van der Waals surface area (Å²) in [4.78, 5) is 26.1. The molecule has 0 aromatic carbocycles. The number of aromatic nitrogens is 5. The molecule has 9 heteroatoms. The number of imidazole rings is 1. The molecule has 5 heterocycles. The highest BCUT2D eigenvalue weighted by Crippen LogP contribution is 2.29. The molecule has 0 unspecified atom stereocenters. The Bertz CT molecular complexity index is 1010. The van der Waals surface area contributed by atoms with Gasteiger partial charge in [-0.3, -0.25) is 13.9 Å². The SMILES string of the molecule is Cc1c(-c2cnn(CC(=O)N3CCNCC3)c2)nc(N2CCC2)c2nccn12. The fourth-order valence-electron chi connectivity index (χ4n) is 3.83. The van der Waals surface area contributed by atoms with Crippen molar-refractivity contribution in [1.82, 2.24) is 34.4 Å². The van der Waals surface area contributed by atoms with Gasteiger partial charge in [-0.05, 0) is 13.3 Å². The molecule has 146 valence electrons. The number of piperazine rings is 1. The number of hydrogen-bond donors (Lipinski definition) is 1. The van der Waals surface area contributed by atoms with Gasteiger partial charge in [0.25, 0.3) is 0 Å². The van der Waals surface area contributed by atoms with E-state index < -0.39 is 0 Å². The standard InChI is InChI=1S/C19H24N8O/c1-14-17(23-19(25-6-2-7-25)18-21-5-10-27(14)18)15-11-22-26(12-15)13-16(28)24-8-3-20-4-9-24/h5,10-12,20H,2-4,6-9,13H2,1H3. The number of nitrogens with zero attached hydrogens (tertiary/aromatic N) is 7. The summed E-state index contributed by atoms with van der Waals surface area (Å²) in [7, 11) is 0. The Kier molecular flexibility index (Phi) is 4.23. The van der Waals surface area contributed by atoms with Gasteiger partial charge in [0.1, 0.15) is 6.54 Å². The van der Waals surface area contributed by atoms with E-state index in [2.05, 4.69) is 24.7 Å². The topological polar surface area (TPSA) is 83.6 Å². The maximum Gasteiger partial charge on any atom is 0.244 e. The van der Waals surface area contributed by atoms with Crippen LogP contribution in [-0.2, 0) is 11.3 Å². The van der Waals surface area contributed by atoms with Gasteiger partial charge in [-0.25, -0.2) is 9.97 Å². The van der Waals surface area contributed by atoms with Crippen LogP contribution in [0.4, 0.5) is 5.82 Å². The van der Waals surface area contributed by atoms with Gasteiger partial charge in [-0.2, -0.15) is 5.10 Å². The highest BCUT2D eigenvalue weighted by molar-refractivity contribution is 5.76. The monoisotopic (exact) mass is 380 g/mol. The summed E-state index contributed by atoms with van der Waals surface area (Å²) in [5, 5.41) is 7.69. The van der Waals surface area contributed by atoms with Crippen molar-refractivity contribution in [3.63, 3.8) is 0 Å². The first-order valence-corrected chi connectivity index (χ1v) is 9.80. The largest absolute Gasteiger partial charge is 0.353 e. The highest BCUT2D eigenvalue weighted by atomic mass is 16.2. The minimum absolute atomic E-state index is 0.104. The molecule has 2 aliphatic rings. The number of carbonyl (C=O) groups is 1. The van der Waals surface area contributed by atoms with Crippen molar-refractivity contribution < 1.29 is 4.79 Å². The fourth-order valence-corrected chi connectivity index (χ4v) is 3.83. The summed E-state index contributed by atoms with van der Waals surface area (Å²) in [6, 6.07) is 0. The van der Waals surface area contributed by atoms with E-state index in [9.17, 15) is 4.79 Å². The van der Waals surface area contributed by atoms with Gasteiger partial charge in [0, 0.05) is 69.1 Å². The van der Waals surface area contributed by atoms with Crippen molar-refractivity contribution in [2.45, 2.75) is 19.9 Å². The van der Waals surface area contributed by atoms with Crippen LogP contribution in [0.2, 0.25) is 0 Å². The second-order valence-corrected chi connectivity index (χ2v) is 7.39. The van der Waals surface area contributed by atoms with Crippen molar-refractivity contribution >= 4 is 17.4 Å². The minimum atomic E-state index is 0.104. The second kappa shape index (κ2) is 6.90. The van der Waals surface area contributed by atoms with Crippen molar-refractivity contribution in [3.8, 4) is 11.3 Å². The summed E-state index contributed by atoms with van der Waals surface area (Å²) in [5.41, 5.74) is 3.71. The number of nitrogens with one attached hydrogen (secondary N) is 1. The summed E-state index contributed by atoms with van der Waals surface area (Å²) in [5.74, 6) is 1.02. The lowest BCUT2D eigenvalue weighted by Gasteiger charge is -2.32. The molecule has 0 bridgehead atoms. The number of fused-ring (bicyclic) bond motifs is 1. The molecule has 0 spiro atoms. The molecule has 5 rings (SSSR count). The third-order valence-corrected chi connectivity index (χ3v) is 5.59. The fraction of sp³-hybridized carbons (Fsp3) is 0.474. The molecule has 3 aromatic rings. The predicted molar refractivity (Wildman–Crippen MR) is 105 cm³/mol. The van der Waals surface area contributed by atoms with Crippen molar-refractivity contribution in [2.24, 2.45) is 0 Å². The van der Waals surface area contributed by atoms with Crippen LogP contribution >= 0.6 is 0 Å². The predicted octanol–water partition coefficient (Wildman–Crippen LogP) is 0.543. The summed E-state index contributed by atoms with van der Waals surface area (Å²) >= 11 is 0. The van der Waals surface area contributed by atoms with Crippen LogP contribution in [0, 0.1) is 6.92 Å². The quantitative estimate of drug-likeness (QED) is 0.711. The molecule has 3 aromatic heterocycles. The molecular weight excluding hydrogens is 356 g/mol. The Balaban J connectivity index is 1.44. The van der Waals surface area contributed by atoms with Gasteiger partial charge in [-0.15, -0.1) is 0 Å². The van der Waals surface area contributed by atoms with Crippen molar-refractivity contribution in [1.29, 1.82) is 0 Å². The molecule has 1 amide bonds. The number of rotatable bonds is 4. The highest BCUT2D eigenvalue weighted by Gasteiger charge is 2.23. The van der Waals surface area contributed by atoms with Gasteiger partial charge in [0.05, 0.1) is 11.9 Å². The molecule has 1 N–H and O–H groups in total. The van der Waals surface area contributed by atoms with E-state index in [1.54, 1.807) is 10.9 Å². The van der Waals surface area contributed by atoms with Gasteiger partial charge in [0.2, 0.25) is 5.91 Å². The maximum absolute atomic E-state index is 12.5. The van der Waals surface area contributed by atoms with E-state index in [4.69, 9.17) is 4.98 Å². The van der Waals surface area contributed by atoms with Crippen LogP contribution in [0.25, 0.3) is 16.9 Å². The van der Waals surface area contributed by atoms with Gasteiger partial charge < -0.3 is 15.1 Å². The zero-order valence-electron chi connectivity index (χ0n) is 16.0. The molecule has 0 saturated carbocycles. The number of anilines is 1. The van der Waals surface area contributed by atoms with Gasteiger partial charge >= 0.3 is 0 Å². The molecule has 2 saturated heterocycles. The first kappa shape index (κ1) is 17.2. The third-order valence-electron chi connectivity index (χ3n) is 5.59. The number of aryl methyl sites for hydroxylation is 1. The summed E-state index contributed by atoms with van der Waals surface area (Å²) in [6.07, 6.45) is 8.68. The molecule has 2 aliphatic heterocycles. The van der Waals surface area contributed by atoms with Crippen molar-refractivity contribution in [2.75, 3.05) is 44.2 Å². The van der Waals surface area contributed by atoms with Gasteiger partial charge in [-0.1, -0.05) is 0 Å². The Labute approximate surface area is 163 Å². The van der Waals surface area contributed by atoms with E-state index in [1.165, 1.54) is 6.42 Å².